The summed E-state index contributed by atoms with van der Waals surface area (Å²) in [5, 5.41) is 14.6. The zero-order valence-corrected chi connectivity index (χ0v) is 10.8. The Hall–Kier alpha value is -1.61. The number of nitrogen functional groups attached to an aromatic ring is 1. The topological polar surface area (TPSA) is 107 Å². The molecule has 2 heterocycles. The van der Waals surface area contributed by atoms with Crippen LogP contribution >= 0.6 is 22.9 Å². The highest BCUT2D eigenvalue weighted by molar-refractivity contribution is 7.19. The number of rotatable bonds is 3. The fraction of sp³-hybridized carbons (Fsp3) is 0.375. The molecule has 0 atom stereocenters. The van der Waals surface area contributed by atoms with Crippen LogP contribution in [0.15, 0.2) is 0 Å². The number of anilines is 2. The molecule has 0 fully saturated rings. The van der Waals surface area contributed by atoms with E-state index in [0.717, 1.165) is 22.9 Å². The minimum atomic E-state index is -0.278. The van der Waals surface area contributed by atoms with Crippen LogP contribution in [-0.4, -0.2) is 25.7 Å². The number of carbonyl (C=O) groups is 1. The minimum Gasteiger partial charge on any atom is -0.374 e. The van der Waals surface area contributed by atoms with Crippen molar-refractivity contribution in [3.8, 4) is 0 Å². The molecule has 1 amide bonds. The van der Waals surface area contributed by atoms with Gasteiger partial charge in [0.25, 0.3) is 5.91 Å². The highest BCUT2D eigenvalue weighted by Gasteiger charge is 2.19. The van der Waals surface area contributed by atoms with Crippen LogP contribution < -0.4 is 11.1 Å². The zero-order valence-electron chi connectivity index (χ0n) is 9.17. The average molecular weight is 270 g/mol. The Morgan fingerprint density at radius 2 is 2.12 bits per heavy atom. The van der Waals surface area contributed by atoms with Gasteiger partial charge < -0.3 is 5.73 Å². The Morgan fingerprint density at radius 3 is 2.71 bits per heavy atom. The van der Waals surface area contributed by atoms with Crippen molar-refractivity contribution in [2.75, 3.05) is 11.1 Å². The number of nitrogens with zero attached hydrogens (tertiary/aromatic N) is 4. The van der Waals surface area contributed by atoms with Gasteiger partial charge in [0.05, 0.1) is 5.69 Å². The van der Waals surface area contributed by atoms with E-state index >= 15 is 0 Å². The van der Waals surface area contributed by atoms with Crippen LogP contribution in [0.4, 0.5) is 10.3 Å². The second kappa shape index (κ2) is 4.72. The van der Waals surface area contributed by atoms with Crippen LogP contribution in [0.3, 0.4) is 0 Å². The molecule has 7 nitrogen and oxygen atoms in total. The van der Waals surface area contributed by atoms with Gasteiger partial charge in [-0.3, -0.25) is 10.1 Å². The summed E-state index contributed by atoms with van der Waals surface area (Å²) in [5.41, 5.74) is 6.11. The molecule has 2 aromatic heterocycles. The molecule has 0 spiro atoms. The summed E-state index contributed by atoms with van der Waals surface area (Å²) >= 11 is 2.18. The molecule has 0 radical (unpaired) electrons. The predicted molar refractivity (Wildman–Crippen MR) is 66.3 cm³/mol. The standard InChI is InChI=1S/C8H10N6OS2/c1-3(2)4-5(17-14-11-4)6(15)10-8-13-12-7(9)16-8/h3H,1-2H3,(H2,9,12)(H,10,13,15). The van der Waals surface area contributed by atoms with Crippen LogP contribution in [0.5, 0.6) is 0 Å². The summed E-state index contributed by atoms with van der Waals surface area (Å²) in [6.07, 6.45) is 0. The van der Waals surface area contributed by atoms with Crippen LogP contribution in [0.1, 0.15) is 35.1 Å². The van der Waals surface area contributed by atoms with Crippen LogP contribution in [0.25, 0.3) is 0 Å². The quantitative estimate of drug-likeness (QED) is 0.871. The number of nitrogens with one attached hydrogen (secondary N) is 1. The van der Waals surface area contributed by atoms with Crippen molar-refractivity contribution in [1.29, 1.82) is 0 Å². The number of carbonyl (C=O) groups excluding carboxylic acids is 1. The van der Waals surface area contributed by atoms with E-state index in [0.29, 0.717) is 20.8 Å². The fourth-order valence-electron chi connectivity index (χ4n) is 1.17. The number of amides is 1. The molecule has 9 heteroatoms. The van der Waals surface area contributed by atoms with Gasteiger partial charge in [-0.1, -0.05) is 29.7 Å². The third-order valence-corrected chi connectivity index (χ3v) is 3.34. The van der Waals surface area contributed by atoms with E-state index in [1.807, 2.05) is 13.8 Å². The average Bonchev–Trinajstić information content (AvgIpc) is 2.86. The normalized spacial score (nSPS) is 10.8. The van der Waals surface area contributed by atoms with Crippen molar-refractivity contribution >= 4 is 39.0 Å². The molecule has 90 valence electrons. The molecule has 0 aliphatic rings. The van der Waals surface area contributed by atoms with E-state index in [-0.39, 0.29) is 11.8 Å². The third-order valence-electron chi connectivity index (χ3n) is 1.93. The fourth-order valence-corrected chi connectivity index (χ4v) is 2.39. The SMILES string of the molecule is CC(C)c1nnsc1C(=O)Nc1nnc(N)s1. The summed E-state index contributed by atoms with van der Waals surface area (Å²) in [5.74, 6) is -0.131. The van der Waals surface area contributed by atoms with Crippen molar-refractivity contribution < 1.29 is 4.79 Å². The molecule has 0 aliphatic heterocycles. The van der Waals surface area contributed by atoms with Gasteiger partial charge in [0.1, 0.15) is 4.88 Å². The van der Waals surface area contributed by atoms with Crippen molar-refractivity contribution in [1.82, 2.24) is 19.8 Å². The van der Waals surface area contributed by atoms with Gasteiger partial charge in [-0.25, -0.2) is 0 Å². The smallest absolute Gasteiger partial charge is 0.271 e. The molecule has 2 rings (SSSR count). The van der Waals surface area contributed by atoms with Gasteiger partial charge in [0.15, 0.2) is 0 Å². The number of aromatic nitrogens is 4. The van der Waals surface area contributed by atoms with Crippen LogP contribution in [-0.2, 0) is 0 Å². The van der Waals surface area contributed by atoms with Gasteiger partial charge in [0, 0.05) is 0 Å². The Bertz CT molecular complexity index is 534. The van der Waals surface area contributed by atoms with Crippen LogP contribution in [0, 0.1) is 0 Å². The van der Waals surface area contributed by atoms with Gasteiger partial charge in [-0.2, -0.15) is 0 Å². The lowest BCUT2D eigenvalue weighted by Crippen LogP contribution is -2.12. The van der Waals surface area contributed by atoms with Crippen molar-refractivity contribution in [2.24, 2.45) is 0 Å². The third kappa shape index (κ3) is 2.56. The highest BCUT2D eigenvalue weighted by Crippen LogP contribution is 2.22. The second-order valence-electron chi connectivity index (χ2n) is 3.54. The monoisotopic (exact) mass is 270 g/mol. The van der Waals surface area contributed by atoms with Gasteiger partial charge >= 0.3 is 0 Å². The highest BCUT2D eigenvalue weighted by atomic mass is 32.1. The van der Waals surface area contributed by atoms with Gasteiger partial charge in [-0.05, 0) is 17.5 Å². The molecule has 0 saturated carbocycles. The lowest BCUT2D eigenvalue weighted by molar-refractivity contribution is 0.102. The Kier molecular flexibility index (Phi) is 3.29. The van der Waals surface area contributed by atoms with E-state index in [9.17, 15) is 4.79 Å². The first-order valence-corrected chi connectivity index (χ1v) is 6.39. The second-order valence-corrected chi connectivity index (χ2v) is 5.30. The molecule has 3 N–H and O–H groups in total. The predicted octanol–water partition coefficient (Wildman–Crippen LogP) is 1.35. The van der Waals surface area contributed by atoms with Gasteiger partial charge in [0.2, 0.25) is 10.3 Å². The largest absolute Gasteiger partial charge is 0.374 e. The van der Waals surface area contributed by atoms with Gasteiger partial charge in [-0.15, -0.1) is 15.3 Å². The van der Waals surface area contributed by atoms with E-state index in [4.69, 9.17) is 5.73 Å². The molecule has 0 saturated heterocycles. The van der Waals surface area contributed by atoms with E-state index in [1.165, 1.54) is 0 Å². The number of nitrogens with two attached hydrogens (primary N) is 1. The maximum absolute atomic E-state index is 11.9. The van der Waals surface area contributed by atoms with Crippen molar-refractivity contribution in [3.05, 3.63) is 10.6 Å². The first kappa shape index (κ1) is 11.9. The van der Waals surface area contributed by atoms with Crippen molar-refractivity contribution in [2.45, 2.75) is 19.8 Å². The molecule has 0 unspecified atom stereocenters. The number of hydrogen-bond acceptors (Lipinski definition) is 8. The summed E-state index contributed by atoms with van der Waals surface area (Å²) in [7, 11) is 0. The molecular weight excluding hydrogens is 260 g/mol. The summed E-state index contributed by atoms with van der Waals surface area (Å²) in [6, 6.07) is 0. The first-order chi connectivity index (χ1) is 8.08. The van der Waals surface area contributed by atoms with E-state index < -0.39 is 0 Å². The van der Waals surface area contributed by atoms with Crippen molar-refractivity contribution in [3.63, 3.8) is 0 Å². The number of hydrogen-bond donors (Lipinski definition) is 2. The lowest BCUT2D eigenvalue weighted by atomic mass is 10.1. The first-order valence-electron chi connectivity index (χ1n) is 4.80. The van der Waals surface area contributed by atoms with E-state index in [1.54, 1.807) is 0 Å². The molecule has 0 aromatic carbocycles. The maximum Gasteiger partial charge on any atom is 0.271 e. The molecule has 0 bridgehead atoms. The van der Waals surface area contributed by atoms with E-state index in [2.05, 4.69) is 25.1 Å². The summed E-state index contributed by atoms with van der Waals surface area (Å²) in [6.45, 7) is 3.91. The minimum absolute atomic E-state index is 0.147. The summed E-state index contributed by atoms with van der Waals surface area (Å²) < 4.78 is 3.78. The lowest BCUT2D eigenvalue weighted by Gasteiger charge is -2.02. The molecule has 17 heavy (non-hydrogen) atoms. The Morgan fingerprint density at radius 1 is 1.35 bits per heavy atom. The summed E-state index contributed by atoms with van der Waals surface area (Å²) in [4.78, 5) is 12.4. The van der Waals surface area contributed by atoms with Crippen LogP contribution in [0.2, 0.25) is 0 Å². The zero-order chi connectivity index (χ0) is 12.4. The molecule has 2 aromatic rings. The molecular formula is C8H10N6OS2. The maximum atomic E-state index is 11.9. The Balaban J connectivity index is 2.17. The molecule has 0 aliphatic carbocycles. The Labute approximate surface area is 105 Å².